The summed E-state index contributed by atoms with van der Waals surface area (Å²) in [7, 11) is 0. The molecule has 5 nitrogen and oxygen atoms in total. The van der Waals surface area contributed by atoms with Gasteiger partial charge in [0, 0.05) is 33.2 Å². The summed E-state index contributed by atoms with van der Waals surface area (Å²) in [5.41, 5.74) is 3.24. The van der Waals surface area contributed by atoms with Gasteiger partial charge in [-0.2, -0.15) is 4.98 Å². The van der Waals surface area contributed by atoms with Crippen molar-refractivity contribution in [3.8, 4) is 28.5 Å². The molecular weight excluding hydrogens is 398 g/mol. The molecular formula is C24H16ClN3O2. The number of pyridine rings is 1. The van der Waals surface area contributed by atoms with Gasteiger partial charge < -0.3 is 4.52 Å². The topological polar surface area (TPSA) is 60.9 Å². The van der Waals surface area contributed by atoms with Crippen molar-refractivity contribution < 1.29 is 4.52 Å². The van der Waals surface area contributed by atoms with E-state index in [4.69, 9.17) is 16.1 Å². The van der Waals surface area contributed by atoms with Crippen molar-refractivity contribution in [2.24, 2.45) is 0 Å². The second-order valence-electron chi connectivity index (χ2n) is 7.03. The largest absolute Gasteiger partial charge is 0.334 e. The Morgan fingerprint density at radius 3 is 2.47 bits per heavy atom. The molecule has 0 saturated carbocycles. The summed E-state index contributed by atoms with van der Waals surface area (Å²) < 4.78 is 7.21. The highest BCUT2D eigenvalue weighted by Crippen LogP contribution is 2.29. The minimum Gasteiger partial charge on any atom is -0.334 e. The van der Waals surface area contributed by atoms with Crippen LogP contribution in [0.2, 0.25) is 5.02 Å². The van der Waals surface area contributed by atoms with E-state index in [1.165, 1.54) is 0 Å². The summed E-state index contributed by atoms with van der Waals surface area (Å²) >= 11 is 5.97. The molecule has 30 heavy (non-hydrogen) atoms. The average molecular weight is 414 g/mol. The van der Waals surface area contributed by atoms with E-state index in [-0.39, 0.29) is 5.56 Å². The maximum atomic E-state index is 13.2. The lowest BCUT2D eigenvalue weighted by atomic mass is 10.1. The lowest BCUT2D eigenvalue weighted by molar-refractivity contribution is 0.432. The molecule has 146 valence electrons. The van der Waals surface area contributed by atoms with Crippen LogP contribution < -0.4 is 5.56 Å². The molecule has 5 rings (SSSR count). The first-order valence-electron chi connectivity index (χ1n) is 9.41. The minimum atomic E-state index is -0.0996. The van der Waals surface area contributed by atoms with E-state index < -0.39 is 0 Å². The van der Waals surface area contributed by atoms with Gasteiger partial charge in [0.05, 0.1) is 5.56 Å². The molecule has 0 aliphatic rings. The second-order valence-corrected chi connectivity index (χ2v) is 7.47. The Morgan fingerprint density at radius 1 is 0.933 bits per heavy atom. The number of nitrogens with zero attached hydrogens (tertiary/aromatic N) is 3. The third-order valence-corrected chi connectivity index (χ3v) is 5.22. The zero-order valence-corrected chi connectivity index (χ0v) is 16.8. The molecule has 0 radical (unpaired) electrons. The van der Waals surface area contributed by atoms with Gasteiger partial charge in [-0.05, 0) is 55.0 Å². The second kappa shape index (κ2) is 7.28. The minimum absolute atomic E-state index is 0.0996. The van der Waals surface area contributed by atoms with Crippen molar-refractivity contribution >= 4 is 22.4 Å². The molecule has 0 atom stereocenters. The number of benzene rings is 3. The van der Waals surface area contributed by atoms with Gasteiger partial charge in [-0.3, -0.25) is 9.36 Å². The Kier molecular flexibility index (Phi) is 4.45. The Hall–Kier alpha value is -3.70. The van der Waals surface area contributed by atoms with Gasteiger partial charge in [-0.15, -0.1) is 0 Å². The molecule has 0 saturated heterocycles. The molecule has 6 heteroatoms. The van der Waals surface area contributed by atoms with E-state index in [9.17, 15) is 4.79 Å². The van der Waals surface area contributed by atoms with Gasteiger partial charge in [0.2, 0.25) is 5.82 Å². The van der Waals surface area contributed by atoms with Gasteiger partial charge in [0.25, 0.3) is 11.4 Å². The summed E-state index contributed by atoms with van der Waals surface area (Å²) in [5, 5.41) is 6.11. The first-order valence-corrected chi connectivity index (χ1v) is 9.79. The van der Waals surface area contributed by atoms with Crippen LogP contribution in [0, 0.1) is 6.92 Å². The molecule has 0 amide bonds. The Bertz CT molecular complexity index is 1440. The molecule has 0 unspecified atom stereocenters. The molecule has 0 aliphatic carbocycles. The van der Waals surface area contributed by atoms with Crippen molar-refractivity contribution in [3.05, 3.63) is 99.9 Å². The molecule has 0 fully saturated rings. The zero-order valence-electron chi connectivity index (χ0n) is 16.0. The van der Waals surface area contributed by atoms with Gasteiger partial charge in [0.1, 0.15) is 0 Å². The van der Waals surface area contributed by atoms with Crippen LogP contribution in [-0.4, -0.2) is 14.7 Å². The molecule has 0 aliphatic heterocycles. The summed E-state index contributed by atoms with van der Waals surface area (Å²) in [5.74, 6) is 0.802. The smallest absolute Gasteiger partial charge is 0.262 e. The fourth-order valence-electron chi connectivity index (χ4n) is 3.48. The lowest BCUT2D eigenvalue weighted by Crippen LogP contribution is -2.18. The standard InChI is InChI=1S/C24H16ClN3O2/c1-15-5-4-6-18(13-15)28-14-21(19-7-2-3-8-20(19)24(28)29)23-26-22(27-30-23)16-9-11-17(25)12-10-16/h2-14H,1H3. The maximum Gasteiger partial charge on any atom is 0.262 e. The van der Waals surface area contributed by atoms with Crippen molar-refractivity contribution in [3.63, 3.8) is 0 Å². The van der Waals surface area contributed by atoms with Crippen LogP contribution in [0.4, 0.5) is 0 Å². The van der Waals surface area contributed by atoms with Crippen LogP contribution in [-0.2, 0) is 0 Å². The Balaban J connectivity index is 1.72. The molecule has 2 aromatic heterocycles. The van der Waals surface area contributed by atoms with E-state index in [1.807, 2.05) is 67.6 Å². The van der Waals surface area contributed by atoms with Crippen LogP contribution in [0.25, 0.3) is 39.3 Å². The highest BCUT2D eigenvalue weighted by atomic mass is 35.5. The van der Waals surface area contributed by atoms with E-state index >= 15 is 0 Å². The lowest BCUT2D eigenvalue weighted by Gasteiger charge is -2.11. The predicted molar refractivity (Wildman–Crippen MR) is 118 cm³/mol. The molecule has 5 aromatic rings. The van der Waals surface area contributed by atoms with E-state index in [0.717, 1.165) is 22.2 Å². The number of aryl methyl sites for hydroxylation is 1. The first-order chi connectivity index (χ1) is 14.6. The van der Waals surface area contributed by atoms with E-state index in [1.54, 1.807) is 22.9 Å². The van der Waals surface area contributed by atoms with Gasteiger partial charge in [-0.25, -0.2) is 0 Å². The quantitative estimate of drug-likeness (QED) is 0.382. The van der Waals surface area contributed by atoms with Gasteiger partial charge in [0.15, 0.2) is 0 Å². The number of rotatable bonds is 3. The SMILES string of the molecule is Cc1cccc(-n2cc(-c3nc(-c4ccc(Cl)cc4)no3)c3ccccc3c2=O)c1. The summed E-state index contributed by atoms with van der Waals surface area (Å²) in [6, 6.07) is 22.4. The highest BCUT2D eigenvalue weighted by molar-refractivity contribution is 6.30. The number of halogens is 1. The molecule has 0 bridgehead atoms. The molecule has 2 heterocycles. The highest BCUT2D eigenvalue weighted by Gasteiger charge is 2.17. The van der Waals surface area contributed by atoms with Gasteiger partial charge in [-0.1, -0.05) is 47.1 Å². The van der Waals surface area contributed by atoms with Crippen molar-refractivity contribution in [1.29, 1.82) is 0 Å². The molecule has 3 aromatic carbocycles. The van der Waals surface area contributed by atoms with Crippen LogP contribution in [0.5, 0.6) is 0 Å². The van der Waals surface area contributed by atoms with Crippen molar-refractivity contribution in [2.75, 3.05) is 0 Å². The van der Waals surface area contributed by atoms with E-state index in [0.29, 0.717) is 27.7 Å². The number of aromatic nitrogens is 3. The summed E-state index contributed by atoms with van der Waals surface area (Å²) in [6.45, 7) is 1.99. The van der Waals surface area contributed by atoms with Crippen LogP contribution in [0.3, 0.4) is 0 Å². The van der Waals surface area contributed by atoms with Gasteiger partial charge >= 0.3 is 0 Å². The summed E-state index contributed by atoms with van der Waals surface area (Å²) in [4.78, 5) is 17.7. The number of hydrogen-bond donors (Lipinski definition) is 0. The van der Waals surface area contributed by atoms with Crippen molar-refractivity contribution in [2.45, 2.75) is 6.92 Å². The number of hydrogen-bond acceptors (Lipinski definition) is 4. The zero-order chi connectivity index (χ0) is 20.7. The van der Waals surface area contributed by atoms with Crippen molar-refractivity contribution in [1.82, 2.24) is 14.7 Å². The van der Waals surface area contributed by atoms with Crippen LogP contribution >= 0.6 is 11.6 Å². The normalized spacial score (nSPS) is 11.1. The maximum absolute atomic E-state index is 13.2. The predicted octanol–water partition coefficient (Wildman–Crippen LogP) is 5.67. The third kappa shape index (κ3) is 3.19. The Morgan fingerprint density at radius 2 is 1.70 bits per heavy atom. The van der Waals surface area contributed by atoms with E-state index in [2.05, 4.69) is 10.1 Å². The first kappa shape index (κ1) is 18.3. The number of fused-ring (bicyclic) bond motifs is 1. The van der Waals surface area contributed by atoms with Crippen LogP contribution in [0.15, 0.2) is 88.3 Å². The third-order valence-electron chi connectivity index (χ3n) is 4.96. The molecule has 0 N–H and O–H groups in total. The fourth-order valence-corrected chi connectivity index (χ4v) is 3.61. The fraction of sp³-hybridized carbons (Fsp3) is 0.0417. The molecule has 0 spiro atoms. The monoisotopic (exact) mass is 413 g/mol. The summed E-state index contributed by atoms with van der Waals surface area (Å²) in [6.07, 6.45) is 1.76. The average Bonchev–Trinajstić information content (AvgIpc) is 3.25. The van der Waals surface area contributed by atoms with Crippen LogP contribution in [0.1, 0.15) is 5.56 Å². The Labute approximate surface area is 177 Å².